The Kier molecular flexibility index (Phi) is 3.98. The summed E-state index contributed by atoms with van der Waals surface area (Å²) in [6, 6.07) is 9.48. The normalized spacial score (nSPS) is 10.3. The van der Waals surface area contributed by atoms with E-state index in [9.17, 15) is 13.6 Å². The minimum Gasteiger partial charge on any atom is -0.478 e. The molecule has 0 aliphatic rings. The molecule has 2 rings (SSSR count). The van der Waals surface area contributed by atoms with Crippen molar-refractivity contribution < 1.29 is 18.7 Å². The van der Waals surface area contributed by atoms with Crippen molar-refractivity contribution in [2.24, 2.45) is 0 Å². The molecule has 2 aromatic carbocycles. The first-order valence-electron chi connectivity index (χ1n) is 5.96. The van der Waals surface area contributed by atoms with Gasteiger partial charge in [0.1, 0.15) is 11.6 Å². The van der Waals surface area contributed by atoms with E-state index in [4.69, 9.17) is 5.11 Å². The number of hydrogen-bond donors (Lipinski definition) is 1. The second kappa shape index (κ2) is 5.69. The van der Waals surface area contributed by atoms with E-state index in [0.717, 1.165) is 11.6 Å². The highest BCUT2D eigenvalue weighted by atomic mass is 19.1. The van der Waals surface area contributed by atoms with Gasteiger partial charge in [-0.1, -0.05) is 12.1 Å². The van der Waals surface area contributed by atoms with Crippen molar-refractivity contribution in [3.05, 3.63) is 65.2 Å². The number of carboxylic acid groups (broad SMARTS) is 1. The number of carboxylic acids is 1. The van der Waals surface area contributed by atoms with E-state index in [1.54, 1.807) is 24.1 Å². The number of hydrogen-bond acceptors (Lipinski definition) is 2. The fourth-order valence-electron chi connectivity index (χ4n) is 1.89. The molecule has 0 radical (unpaired) electrons. The topological polar surface area (TPSA) is 40.5 Å². The van der Waals surface area contributed by atoms with Gasteiger partial charge in [0.25, 0.3) is 0 Å². The van der Waals surface area contributed by atoms with E-state index in [1.807, 2.05) is 0 Å². The predicted octanol–water partition coefficient (Wildman–Crippen LogP) is 3.30. The Labute approximate surface area is 115 Å². The number of rotatable bonds is 4. The molecule has 104 valence electrons. The average Bonchev–Trinajstić information content (AvgIpc) is 2.41. The van der Waals surface area contributed by atoms with Gasteiger partial charge in [0.15, 0.2) is 0 Å². The van der Waals surface area contributed by atoms with Crippen LogP contribution in [0, 0.1) is 11.6 Å². The quantitative estimate of drug-likeness (QED) is 0.932. The number of halogens is 2. The lowest BCUT2D eigenvalue weighted by Gasteiger charge is -2.20. The molecule has 0 spiro atoms. The third kappa shape index (κ3) is 3.12. The second-order valence-electron chi connectivity index (χ2n) is 4.45. The molecule has 3 nitrogen and oxygen atoms in total. The Morgan fingerprint density at radius 3 is 2.40 bits per heavy atom. The van der Waals surface area contributed by atoms with E-state index in [0.29, 0.717) is 6.54 Å². The summed E-state index contributed by atoms with van der Waals surface area (Å²) in [5, 5.41) is 8.92. The Bertz CT molecular complexity index is 626. The van der Waals surface area contributed by atoms with Crippen molar-refractivity contribution in [2.75, 3.05) is 11.9 Å². The molecule has 20 heavy (non-hydrogen) atoms. The molecule has 0 saturated carbocycles. The van der Waals surface area contributed by atoms with Gasteiger partial charge in [-0.25, -0.2) is 13.6 Å². The summed E-state index contributed by atoms with van der Waals surface area (Å²) in [6.07, 6.45) is 0. The molecule has 0 aliphatic heterocycles. The maximum Gasteiger partial charge on any atom is 0.335 e. The van der Waals surface area contributed by atoms with Gasteiger partial charge in [0.2, 0.25) is 0 Å². The molecule has 5 heteroatoms. The van der Waals surface area contributed by atoms with Crippen molar-refractivity contribution >= 4 is 11.7 Å². The van der Waals surface area contributed by atoms with Crippen molar-refractivity contribution in [2.45, 2.75) is 6.54 Å². The van der Waals surface area contributed by atoms with Crippen LogP contribution in [0.3, 0.4) is 0 Å². The van der Waals surface area contributed by atoms with E-state index in [1.165, 1.54) is 24.3 Å². The van der Waals surface area contributed by atoms with Gasteiger partial charge in [-0.05, 0) is 35.9 Å². The van der Waals surface area contributed by atoms with Gasteiger partial charge < -0.3 is 10.0 Å². The molecule has 0 heterocycles. The summed E-state index contributed by atoms with van der Waals surface area (Å²) < 4.78 is 26.6. The Morgan fingerprint density at radius 2 is 1.80 bits per heavy atom. The average molecular weight is 277 g/mol. The second-order valence-corrected chi connectivity index (χ2v) is 4.45. The monoisotopic (exact) mass is 277 g/mol. The van der Waals surface area contributed by atoms with E-state index in [-0.39, 0.29) is 17.1 Å². The van der Waals surface area contributed by atoms with E-state index in [2.05, 4.69) is 0 Å². The zero-order chi connectivity index (χ0) is 14.7. The molecule has 0 saturated heterocycles. The van der Waals surface area contributed by atoms with Crippen molar-refractivity contribution in [1.29, 1.82) is 0 Å². The molecule has 0 atom stereocenters. The molecule has 2 aromatic rings. The van der Waals surface area contributed by atoms with Crippen LogP contribution in [0.25, 0.3) is 0 Å². The smallest absolute Gasteiger partial charge is 0.335 e. The van der Waals surface area contributed by atoms with Crippen LogP contribution in [0.15, 0.2) is 42.5 Å². The maximum absolute atomic E-state index is 13.8. The van der Waals surface area contributed by atoms with Gasteiger partial charge in [0, 0.05) is 13.6 Å². The van der Waals surface area contributed by atoms with E-state index < -0.39 is 11.8 Å². The molecule has 0 fully saturated rings. The van der Waals surface area contributed by atoms with Gasteiger partial charge in [-0.2, -0.15) is 0 Å². The van der Waals surface area contributed by atoms with Gasteiger partial charge >= 0.3 is 5.97 Å². The van der Waals surface area contributed by atoms with E-state index >= 15 is 0 Å². The van der Waals surface area contributed by atoms with Crippen molar-refractivity contribution in [3.8, 4) is 0 Å². The fraction of sp³-hybridized carbons (Fsp3) is 0.133. The highest BCUT2D eigenvalue weighted by Crippen LogP contribution is 2.21. The first-order valence-corrected chi connectivity index (χ1v) is 5.96. The standard InChI is InChI=1S/C15H13F2NO2/c1-18(9-10-2-5-12(16)6-3-10)14-8-11(15(19)20)4-7-13(14)17/h2-8H,9H2,1H3,(H,19,20). The number of benzene rings is 2. The summed E-state index contributed by atoms with van der Waals surface area (Å²) in [5.74, 6) is -1.95. The lowest BCUT2D eigenvalue weighted by atomic mass is 10.1. The molecule has 0 aliphatic carbocycles. The maximum atomic E-state index is 13.8. The number of nitrogens with zero attached hydrogens (tertiary/aromatic N) is 1. The summed E-state index contributed by atoms with van der Waals surface area (Å²) >= 11 is 0. The highest BCUT2D eigenvalue weighted by Gasteiger charge is 2.12. The van der Waals surface area contributed by atoms with Crippen LogP contribution in [-0.4, -0.2) is 18.1 Å². The van der Waals surface area contributed by atoms with Crippen molar-refractivity contribution in [3.63, 3.8) is 0 Å². The van der Waals surface area contributed by atoms with Gasteiger partial charge in [0.05, 0.1) is 11.3 Å². The van der Waals surface area contributed by atoms with Crippen molar-refractivity contribution in [1.82, 2.24) is 0 Å². The zero-order valence-corrected chi connectivity index (χ0v) is 10.8. The number of aromatic carboxylic acids is 1. The van der Waals surface area contributed by atoms with Gasteiger partial charge in [-0.15, -0.1) is 0 Å². The largest absolute Gasteiger partial charge is 0.478 e. The van der Waals surface area contributed by atoms with Crippen LogP contribution in [0.4, 0.5) is 14.5 Å². The van der Waals surface area contributed by atoms with Crippen LogP contribution in [-0.2, 0) is 6.54 Å². The number of anilines is 1. The molecule has 0 amide bonds. The third-order valence-corrected chi connectivity index (χ3v) is 2.94. The summed E-state index contributed by atoms with van der Waals surface area (Å²) in [7, 11) is 1.65. The zero-order valence-electron chi connectivity index (χ0n) is 10.8. The molecular weight excluding hydrogens is 264 g/mol. The third-order valence-electron chi connectivity index (χ3n) is 2.94. The van der Waals surface area contributed by atoms with Gasteiger partial charge in [-0.3, -0.25) is 0 Å². The Balaban J connectivity index is 2.24. The van der Waals surface area contributed by atoms with Crippen LogP contribution in [0.2, 0.25) is 0 Å². The summed E-state index contributed by atoms with van der Waals surface area (Å²) in [6.45, 7) is 0.347. The SMILES string of the molecule is CN(Cc1ccc(F)cc1)c1cc(C(=O)O)ccc1F. The molecule has 0 aromatic heterocycles. The number of carbonyl (C=O) groups is 1. The predicted molar refractivity (Wildman–Crippen MR) is 71.9 cm³/mol. The minimum absolute atomic E-state index is 0.0207. The minimum atomic E-state index is -1.11. The van der Waals surface area contributed by atoms with Crippen LogP contribution in [0.1, 0.15) is 15.9 Å². The van der Waals surface area contributed by atoms with Crippen LogP contribution < -0.4 is 4.90 Å². The van der Waals surface area contributed by atoms with Crippen LogP contribution >= 0.6 is 0 Å². The first-order chi connectivity index (χ1) is 9.47. The lowest BCUT2D eigenvalue weighted by molar-refractivity contribution is 0.0697. The summed E-state index contributed by atoms with van der Waals surface area (Å²) in [5.41, 5.74) is 1.01. The Morgan fingerprint density at radius 1 is 1.15 bits per heavy atom. The van der Waals surface area contributed by atoms with Crippen LogP contribution in [0.5, 0.6) is 0 Å². The first kappa shape index (κ1) is 14.0. The molecule has 0 bridgehead atoms. The molecular formula is C15H13F2NO2. The highest BCUT2D eigenvalue weighted by molar-refractivity contribution is 5.88. The Hall–Kier alpha value is -2.43. The fourth-order valence-corrected chi connectivity index (χ4v) is 1.89. The molecule has 1 N–H and O–H groups in total. The lowest BCUT2D eigenvalue weighted by Crippen LogP contribution is -2.18. The summed E-state index contributed by atoms with van der Waals surface area (Å²) in [4.78, 5) is 12.5. The molecule has 0 unspecified atom stereocenters.